The van der Waals surface area contributed by atoms with Gasteiger partial charge in [-0.25, -0.2) is 9.67 Å². The molecule has 8 nitrogen and oxygen atoms in total. The van der Waals surface area contributed by atoms with Crippen LogP contribution in [-0.4, -0.2) is 49.2 Å². The molecule has 34 heavy (non-hydrogen) atoms. The van der Waals surface area contributed by atoms with Gasteiger partial charge in [-0.3, -0.25) is 9.59 Å². The van der Waals surface area contributed by atoms with Gasteiger partial charge in [0.05, 0.1) is 18.7 Å². The largest absolute Gasteiger partial charge is 0.384 e. The molecule has 2 aliphatic heterocycles. The summed E-state index contributed by atoms with van der Waals surface area (Å²) in [4.78, 5) is 32.0. The standard InChI is InChI=1S/C26H28N6O2/c27-25-10-8-20-18(7-9-22(20)28-25)12-24(33)23-15-31(30-29-23)14-16-3-5-17(6-4-16)21-13-19-2-1-11-32(19)26(21)34/h3-6,8,10,15,18-19,21H,1-2,7,9,11-14H2,(H2,27,28). The molecule has 3 aliphatic rings. The number of pyridine rings is 1. The topological polar surface area (TPSA) is 107 Å². The van der Waals surface area contributed by atoms with E-state index in [4.69, 9.17) is 5.73 Å². The molecule has 1 amide bonds. The average Bonchev–Trinajstić information content (AvgIpc) is 3.61. The lowest BCUT2D eigenvalue weighted by Gasteiger charge is -2.14. The molecule has 3 atom stereocenters. The van der Waals surface area contributed by atoms with Crippen molar-refractivity contribution >= 4 is 17.5 Å². The summed E-state index contributed by atoms with van der Waals surface area (Å²) < 4.78 is 1.70. The van der Waals surface area contributed by atoms with E-state index >= 15 is 0 Å². The minimum absolute atomic E-state index is 0.00318. The number of nitrogens with zero attached hydrogens (tertiary/aromatic N) is 5. The maximum absolute atomic E-state index is 12.9. The monoisotopic (exact) mass is 456 g/mol. The van der Waals surface area contributed by atoms with E-state index in [2.05, 4.69) is 32.3 Å². The Labute approximate surface area is 198 Å². The highest BCUT2D eigenvalue weighted by Crippen LogP contribution is 2.38. The summed E-state index contributed by atoms with van der Waals surface area (Å²) in [5.41, 5.74) is 10.5. The highest BCUT2D eigenvalue weighted by Gasteiger charge is 2.42. The molecule has 174 valence electrons. The minimum atomic E-state index is -0.0118. The SMILES string of the molecule is Nc1ccc2c(n1)CCC2CC(=O)c1cn(Cc2ccc(C3CC4CCCN4C3=O)cc2)nn1. The number of hydrogen-bond donors (Lipinski definition) is 1. The molecule has 1 aliphatic carbocycles. The Morgan fingerprint density at radius 3 is 2.79 bits per heavy atom. The molecule has 4 heterocycles. The number of carbonyl (C=O) groups excluding carboxylic acids is 2. The van der Waals surface area contributed by atoms with Crippen LogP contribution in [0.1, 0.15) is 76.8 Å². The van der Waals surface area contributed by atoms with E-state index in [1.807, 2.05) is 18.2 Å². The van der Waals surface area contributed by atoms with Crippen LogP contribution in [0.15, 0.2) is 42.6 Å². The van der Waals surface area contributed by atoms with Crippen molar-refractivity contribution < 1.29 is 9.59 Å². The van der Waals surface area contributed by atoms with Gasteiger partial charge in [0.1, 0.15) is 11.5 Å². The third-order valence-electron chi connectivity index (χ3n) is 7.65. The molecule has 6 rings (SSSR count). The van der Waals surface area contributed by atoms with Gasteiger partial charge < -0.3 is 10.6 Å². The fourth-order valence-corrected chi connectivity index (χ4v) is 5.88. The summed E-state index contributed by atoms with van der Waals surface area (Å²) in [7, 11) is 0. The molecule has 2 fully saturated rings. The summed E-state index contributed by atoms with van der Waals surface area (Å²) in [6.07, 6.45) is 7.08. The van der Waals surface area contributed by atoms with Gasteiger partial charge in [0.2, 0.25) is 5.91 Å². The Kier molecular flexibility index (Phi) is 5.16. The third-order valence-corrected chi connectivity index (χ3v) is 7.65. The van der Waals surface area contributed by atoms with Crippen molar-refractivity contribution in [1.29, 1.82) is 0 Å². The highest BCUT2D eigenvalue weighted by atomic mass is 16.2. The Morgan fingerprint density at radius 2 is 1.97 bits per heavy atom. The number of hydrogen-bond acceptors (Lipinski definition) is 6. The van der Waals surface area contributed by atoms with E-state index < -0.39 is 0 Å². The van der Waals surface area contributed by atoms with Crippen molar-refractivity contribution in [1.82, 2.24) is 24.9 Å². The van der Waals surface area contributed by atoms with E-state index in [-0.39, 0.29) is 23.5 Å². The first-order chi connectivity index (χ1) is 16.5. The first-order valence-corrected chi connectivity index (χ1v) is 12.1. The van der Waals surface area contributed by atoms with Gasteiger partial charge in [-0.2, -0.15) is 0 Å². The van der Waals surface area contributed by atoms with Crippen LogP contribution in [0.4, 0.5) is 5.82 Å². The summed E-state index contributed by atoms with van der Waals surface area (Å²) in [5, 5.41) is 8.29. The van der Waals surface area contributed by atoms with E-state index in [1.54, 1.807) is 16.9 Å². The summed E-state index contributed by atoms with van der Waals surface area (Å²) in [6.45, 7) is 1.44. The van der Waals surface area contributed by atoms with Crippen LogP contribution in [0, 0.1) is 0 Å². The zero-order valence-corrected chi connectivity index (χ0v) is 19.1. The van der Waals surface area contributed by atoms with Crippen LogP contribution >= 0.6 is 0 Å². The zero-order chi connectivity index (χ0) is 23.2. The van der Waals surface area contributed by atoms with Crippen LogP contribution in [0.5, 0.6) is 0 Å². The van der Waals surface area contributed by atoms with Crippen molar-refractivity contribution in [2.75, 3.05) is 12.3 Å². The molecular weight excluding hydrogens is 428 g/mol. The number of aromatic nitrogens is 4. The number of nitrogens with two attached hydrogens (primary N) is 1. The van der Waals surface area contributed by atoms with Gasteiger partial charge in [-0.1, -0.05) is 35.5 Å². The summed E-state index contributed by atoms with van der Waals surface area (Å²) >= 11 is 0. The maximum Gasteiger partial charge on any atom is 0.230 e. The molecule has 3 aromatic rings. The molecule has 0 radical (unpaired) electrons. The minimum Gasteiger partial charge on any atom is -0.384 e. The lowest BCUT2D eigenvalue weighted by Crippen LogP contribution is -2.28. The quantitative estimate of drug-likeness (QED) is 0.571. The molecule has 2 aromatic heterocycles. The van der Waals surface area contributed by atoms with Gasteiger partial charge >= 0.3 is 0 Å². The van der Waals surface area contributed by atoms with E-state index in [0.29, 0.717) is 30.5 Å². The molecule has 0 spiro atoms. The van der Waals surface area contributed by atoms with Gasteiger partial charge in [0.15, 0.2) is 5.78 Å². The van der Waals surface area contributed by atoms with Crippen LogP contribution in [0.3, 0.4) is 0 Å². The molecular formula is C26H28N6O2. The molecule has 2 saturated heterocycles. The predicted molar refractivity (Wildman–Crippen MR) is 126 cm³/mol. The first kappa shape index (κ1) is 21.0. The number of rotatable bonds is 6. The smallest absolute Gasteiger partial charge is 0.230 e. The number of carbonyl (C=O) groups is 2. The van der Waals surface area contributed by atoms with Crippen molar-refractivity contribution in [3.05, 3.63) is 70.7 Å². The van der Waals surface area contributed by atoms with Crippen molar-refractivity contribution in [2.24, 2.45) is 0 Å². The van der Waals surface area contributed by atoms with Crippen molar-refractivity contribution in [2.45, 2.75) is 62.9 Å². The second kappa shape index (κ2) is 8.34. The van der Waals surface area contributed by atoms with Crippen LogP contribution in [-0.2, 0) is 17.8 Å². The van der Waals surface area contributed by atoms with Gasteiger partial charge in [-0.05, 0) is 60.8 Å². The fourth-order valence-electron chi connectivity index (χ4n) is 5.88. The van der Waals surface area contributed by atoms with Crippen LogP contribution in [0.25, 0.3) is 0 Å². The second-order valence-corrected chi connectivity index (χ2v) is 9.79. The lowest BCUT2D eigenvalue weighted by molar-refractivity contribution is -0.129. The Balaban J connectivity index is 1.09. The molecule has 2 N–H and O–H groups in total. The molecule has 8 heteroatoms. The highest BCUT2D eigenvalue weighted by molar-refractivity contribution is 5.94. The maximum atomic E-state index is 12.9. The molecule has 3 unspecified atom stereocenters. The molecule has 0 bridgehead atoms. The van der Waals surface area contributed by atoms with Crippen LogP contribution < -0.4 is 5.73 Å². The van der Waals surface area contributed by atoms with Gasteiger partial charge in [0.25, 0.3) is 0 Å². The van der Waals surface area contributed by atoms with E-state index in [0.717, 1.165) is 61.0 Å². The summed E-state index contributed by atoms with van der Waals surface area (Å²) in [5.74, 6) is 0.942. The second-order valence-electron chi connectivity index (χ2n) is 9.79. The molecule has 0 saturated carbocycles. The number of anilines is 1. The Bertz CT molecular complexity index is 1250. The number of fused-ring (bicyclic) bond motifs is 2. The third kappa shape index (κ3) is 3.77. The van der Waals surface area contributed by atoms with Crippen molar-refractivity contribution in [3.8, 4) is 0 Å². The average molecular weight is 457 g/mol. The number of aryl methyl sites for hydroxylation is 1. The van der Waals surface area contributed by atoms with E-state index in [9.17, 15) is 9.59 Å². The molecule has 1 aromatic carbocycles. The lowest BCUT2D eigenvalue weighted by atomic mass is 9.94. The van der Waals surface area contributed by atoms with Crippen LogP contribution in [0.2, 0.25) is 0 Å². The van der Waals surface area contributed by atoms with Crippen molar-refractivity contribution in [3.63, 3.8) is 0 Å². The normalized spacial score (nSPS) is 23.4. The summed E-state index contributed by atoms with van der Waals surface area (Å²) in [6, 6.07) is 12.4. The first-order valence-electron chi connectivity index (χ1n) is 12.1. The Hall–Kier alpha value is -3.55. The number of benzene rings is 1. The Morgan fingerprint density at radius 1 is 1.12 bits per heavy atom. The number of amides is 1. The number of ketones is 1. The van der Waals surface area contributed by atoms with Gasteiger partial charge in [-0.15, -0.1) is 5.10 Å². The fraction of sp³-hybridized carbons (Fsp3) is 0.423. The number of Topliss-reactive ketones (excluding diaryl/α,β-unsaturated/α-hetero) is 1. The van der Waals surface area contributed by atoms with Gasteiger partial charge in [0, 0.05) is 24.7 Å². The number of nitrogen functional groups attached to an aromatic ring is 1. The van der Waals surface area contributed by atoms with E-state index in [1.165, 1.54) is 0 Å². The zero-order valence-electron chi connectivity index (χ0n) is 19.1. The predicted octanol–water partition coefficient (Wildman–Crippen LogP) is 3.08.